The number of carbonyl (C=O) groups excluding carboxylic acids is 1. The molecule has 132 valence electrons. The van der Waals surface area contributed by atoms with Gasteiger partial charge in [0.1, 0.15) is 12.3 Å². The van der Waals surface area contributed by atoms with Crippen LogP contribution in [0.5, 0.6) is 0 Å². The van der Waals surface area contributed by atoms with E-state index in [1.54, 1.807) is 6.92 Å². The van der Waals surface area contributed by atoms with Gasteiger partial charge in [0, 0.05) is 12.6 Å². The zero-order valence-electron chi connectivity index (χ0n) is 12.8. The van der Waals surface area contributed by atoms with Crippen molar-refractivity contribution in [1.82, 2.24) is 9.13 Å². The van der Waals surface area contributed by atoms with E-state index in [0.29, 0.717) is 4.57 Å². The molecule has 0 aromatic carbocycles. The minimum absolute atomic E-state index is 0.00550. The second-order valence-electron chi connectivity index (χ2n) is 5.02. The number of rotatable bonds is 4. The zero-order valence-corrected chi connectivity index (χ0v) is 14.4. The van der Waals surface area contributed by atoms with Gasteiger partial charge in [-0.2, -0.15) is 4.57 Å². The van der Waals surface area contributed by atoms with Crippen LogP contribution in [-0.2, 0) is 9.47 Å². The quantitative estimate of drug-likeness (QED) is 0.725. The maximum Gasteiger partial charge on any atom is 0.425 e. The zero-order chi connectivity index (χ0) is 17.9. The molecule has 9 nitrogen and oxygen atoms in total. The van der Waals surface area contributed by atoms with E-state index < -0.39 is 42.4 Å². The first kappa shape index (κ1) is 18.6. The van der Waals surface area contributed by atoms with Crippen LogP contribution in [0, 0.1) is 0 Å². The summed E-state index contributed by atoms with van der Waals surface area (Å²) < 4.78 is 11.6. The molecule has 1 fully saturated rings. The molecular formula is C14H17BrN2O7. The Morgan fingerprint density at radius 2 is 2.25 bits per heavy atom. The number of aromatic nitrogens is 2. The Hall–Kier alpha value is -1.75. The van der Waals surface area contributed by atoms with Crippen LogP contribution in [0.2, 0.25) is 0 Å². The molecule has 1 saturated heterocycles. The van der Waals surface area contributed by atoms with Gasteiger partial charge >= 0.3 is 11.8 Å². The summed E-state index contributed by atoms with van der Waals surface area (Å²) in [6.45, 7) is 1.12. The van der Waals surface area contributed by atoms with Crippen LogP contribution in [0.3, 0.4) is 0 Å². The molecule has 3 atom stereocenters. The van der Waals surface area contributed by atoms with E-state index in [2.05, 4.69) is 15.9 Å². The van der Waals surface area contributed by atoms with Crippen molar-refractivity contribution in [1.29, 1.82) is 0 Å². The standard InChI is InChI=1S/C14H17BrN2O7/c1-2-23-14(22)17-12(20)8(3-4-15)6-16(13(17)21)11-5-9(19)10(7-18)24-11/h3-4,6,9-11,18-19H,2,5,7H2,1H3/t9?,10-,11-/m0/s1. The first-order chi connectivity index (χ1) is 11.4. The molecule has 1 unspecified atom stereocenters. The summed E-state index contributed by atoms with van der Waals surface area (Å²) in [5.41, 5.74) is -1.73. The summed E-state index contributed by atoms with van der Waals surface area (Å²) in [5, 5.41) is 19.0. The van der Waals surface area contributed by atoms with Crippen molar-refractivity contribution in [3.63, 3.8) is 0 Å². The third-order valence-electron chi connectivity index (χ3n) is 3.53. The number of carbonyl (C=O) groups is 1. The average molecular weight is 405 g/mol. The van der Waals surface area contributed by atoms with E-state index >= 15 is 0 Å². The van der Waals surface area contributed by atoms with Crippen molar-refractivity contribution >= 4 is 28.1 Å². The summed E-state index contributed by atoms with van der Waals surface area (Å²) in [7, 11) is 0. The molecule has 0 aliphatic carbocycles. The lowest BCUT2D eigenvalue weighted by atomic mass is 10.2. The molecule has 1 aromatic heterocycles. The highest BCUT2D eigenvalue weighted by Crippen LogP contribution is 2.27. The lowest BCUT2D eigenvalue weighted by molar-refractivity contribution is -0.0462. The molecule has 1 aliphatic rings. The second kappa shape index (κ2) is 7.88. The third-order valence-corrected chi connectivity index (χ3v) is 3.79. The Kier molecular flexibility index (Phi) is 6.10. The molecule has 0 radical (unpaired) electrons. The predicted molar refractivity (Wildman–Crippen MR) is 87.0 cm³/mol. The van der Waals surface area contributed by atoms with Crippen molar-refractivity contribution in [3.05, 3.63) is 37.6 Å². The SMILES string of the molecule is CCOC(=O)n1c(=O)c(C=CBr)cn([C@@H]2CC(O)[C@H](CO)O2)c1=O. The van der Waals surface area contributed by atoms with Crippen molar-refractivity contribution in [2.45, 2.75) is 31.8 Å². The van der Waals surface area contributed by atoms with Gasteiger partial charge in [0.2, 0.25) is 0 Å². The van der Waals surface area contributed by atoms with Gasteiger partial charge < -0.3 is 19.7 Å². The van der Waals surface area contributed by atoms with Crippen LogP contribution >= 0.6 is 15.9 Å². The fourth-order valence-electron chi connectivity index (χ4n) is 2.38. The fourth-order valence-corrected chi connectivity index (χ4v) is 2.66. The number of nitrogens with zero attached hydrogens (tertiary/aromatic N) is 2. The maximum atomic E-state index is 12.5. The van der Waals surface area contributed by atoms with Gasteiger partial charge in [0.05, 0.1) is 24.9 Å². The van der Waals surface area contributed by atoms with Gasteiger partial charge in [0.15, 0.2) is 0 Å². The first-order valence-electron chi connectivity index (χ1n) is 7.21. The molecule has 2 heterocycles. The lowest BCUT2D eigenvalue weighted by Gasteiger charge is -2.16. The highest BCUT2D eigenvalue weighted by Gasteiger charge is 2.36. The molecular weight excluding hydrogens is 388 g/mol. The van der Waals surface area contributed by atoms with Gasteiger partial charge in [-0.3, -0.25) is 9.36 Å². The number of ether oxygens (including phenoxy) is 2. The molecule has 2 rings (SSSR count). The predicted octanol–water partition coefficient (Wildman–Crippen LogP) is 0.0209. The van der Waals surface area contributed by atoms with Crippen LogP contribution in [-0.4, -0.2) is 50.9 Å². The van der Waals surface area contributed by atoms with Crippen LogP contribution in [0.4, 0.5) is 4.79 Å². The minimum atomic E-state index is -1.09. The van der Waals surface area contributed by atoms with E-state index in [1.807, 2.05) is 0 Å². The van der Waals surface area contributed by atoms with Gasteiger partial charge in [-0.05, 0) is 18.0 Å². The topological polar surface area (TPSA) is 120 Å². The van der Waals surface area contributed by atoms with E-state index in [1.165, 1.54) is 17.3 Å². The summed E-state index contributed by atoms with van der Waals surface area (Å²) >= 11 is 3.03. The number of halogens is 1. The highest BCUT2D eigenvalue weighted by molar-refractivity contribution is 9.11. The third kappa shape index (κ3) is 3.51. The van der Waals surface area contributed by atoms with Crippen LogP contribution < -0.4 is 11.2 Å². The van der Waals surface area contributed by atoms with Gasteiger partial charge in [-0.15, -0.1) is 0 Å². The summed E-state index contributed by atoms with van der Waals surface area (Å²) in [6.07, 6.45) is -1.20. The van der Waals surface area contributed by atoms with Crippen molar-refractivity contribution in [2.24, 2.45) is 0 Å². The molecule has 0 amide bonds. The number of hydrogen-bond acceptors (Lipinski definition) is 7. The normalized spacial score (nSPS) is 23.8. The summed E-state index contributed by atoms with van der Waals surface area (Å²) in [5.74, 6) is 0. The van der Waals surface area contributed by atoms with Crippen LogP contribution in [0.25, 0.3) is 6.08 Å². The average Bonchev–Trinajstić information content (AvgIpc) is 2.91. The van der Waals surface area contributed by atoms with Crippen molar-refractivity contribution in [2.75, 3.05) is 13.2 Å². The monoisotopic (exact) mass is 404 g/mol. The largest absolute Gasteiger partial charge is 0.449 e. The number of hydrogen-bond donors (Lipinski definition) is 2. The Bertz CT molecular complexity index is 754. The Morgan fingerprint density at radius 1 is 1.54 bits per heavy atom. The molecule has 0 spiro atoms. The van der Waals surface area contributed by atoms with E-state index in [-0.39, 0.29) is 18.6 Å². The van der Waals surface area contributed by atoms with Crippen molar-refractivity contribution < 1.29 is 24.5 Å². The highest BCUT2D eigenvalue weighted by atomic mass is 79.9. The van der Waals surface area contributed by atoms with E-state index in [4.69, 9.17) is 14.6 Å². The molecule has 0 bridgehead atoms. The van der Waals surface area contributed by atoms with Crippen LogP contribution in [0.1, 0.15) is 25.1 Å². The molecule has 10 heteroatoms. The molecule has 1 aliphatic heterocycles. The lowest BCUT2D eigenvalue weighted by Crippen LogP contribution is -2.45. The second-order valence-corrected chi connectivity index (χ2v) is 5.55. The smallest absolute Gasteiger partial charge is 0.425 e. The van der Waals surface area contributed by atoms with Gasteiger partial charge in [-0.1, -0.05) is 15.9 Å². The first-order valence-corrected chi connectivity index (χ1v) is 8.12. The molecule has 2 N–H and O–H groups in total. The summed E-state index contributed by atoms with van der Waals surface area (Å²) in [6, 6.07) is 0. The summed E-state index contributed by atoms with van der Waals surface area (Å²) in [4.78, 5) is 38.2. The fraction of sp³-hybridized carbons (Fsp3) is 0.500. The van der Waals surface area contributed by atoms with Crippen molar-refractivity contribution in [3.8, 4) is 0 Å². The van der Waals surface area contributed by atoms with Gasteiger partial charge in [0.25, 0.3) is 5.56 Å². The Labute approximate surface area is 144 Å². The maximum absolute atomic E-state index is 12.5. The van der Waals surface area contributed by atoms with Crippen LogP contribution in [0.15, 0.2) is 20.8 Å². The van der Waals surface area contributed by atoms with E-state index in [9.17, 15) is 19.5 Å². The van der Waals surface area contributed by atoms with Gasteiger partial charge in [-0.25, -0.2) is 9.59 Å². The Balaban J connectivity index is 2.58. The molecule has 0 saturated carbocycles. The van der Waals surface area contributed by atoms with E-state index in [0.717, 1.165) is 4.57 Å². The molecule has 24 heavy (non-hydrogen) atoms. The number of aliphatic hydroxyl groups excluding tert-OH is 2. The minimum Gasteiger partial charge on any atom is -0.449 e. The Morgan fingerprint density at radius 3 is 2.79 bits per heavy atom. The molecule has 1 aromatic rings. The number of aliphatic hydroxyl groups is 2.